The SMILES string of the molecule is COC(=O)C1=C[C@@]2(C)CC[C@@H]3[C@@H](C)C[C@H](O)C32[C@@H]1C. The highest BCUT2D eigenvalue weighted by Gasteiger charge is 2.70. The number of carbonyl (C=O) groups excluding carboxylic acids is 1. The normalized spacial score (nSPS) is 51.7. The molecule has 3 aliphatic rings. The van der Waals surface area contributed by atoms with Crippen molar-refractivity contribution < 1.29 is 14.6 Å². The zero-order chi connectivity index (χ0) is 14.0. The Morgan fingerprint density at radius 3 is 2.79 bits per heavy atom. The highest BCUT2D eigenvalue weighted by Crippen LogP contribution is 2.73. The Morgan fingerprint density at radius 1 is 1.47 bits per heavy atom. The van der Waals surface area contributed by atoms with E-state index in [9.17, 15) is 9.90 Å². The zero-order valence-electron chi connectivity index (χ0n) is 12.3. The summed E-state index contributed by atoms with van der Waals surface area (Å²) >= 11 is 0. The number of rotatable bonds is 1. The van der Waals surface area contributed by atoms with E-state index < -0.39 is 0 Å². The van der Waals surface area contributed by atoms with E-state index in [1.807, 2.05) is 0 Å². The summed E-state index contributed by atoms with van der Waals surface area (Å²) in [5.41, 5.74) is 0.587. The predicted molar refractivity (Wildman–Crippen MR) is 72.3 cm³/mol. The molecule has 0 bridgehead atoms. The molecule has 0 radical (unpaired) electrons. The maximum absolute atomic E-state index is 12.0. The highest BCUT2D eigenvalue weighted by molar-refractivity contribution is 5.90. The van der Waals surface area contributed by atoms with Crippen molar-refractivity contribution in [3.8, 4) is 0 Å². The lowest BCUT2D eigenvalue weighted by Gasteiger charge is -2.45. The van der Waals surface area contributed by atoms with E-state index >= 15 is 0 Å². The second-order valence-corrected chi connectivity index (χ2v) is 7.04. The molecule has 19 heavy (non-hydrogen) atoms. The Labute approximate surface area is 115 Å². The van der Waals surface area contributed by atoms with Gasteiger partial charge in [0.1, 0.15) is 0 Å². The Bertz CT molecular complexity index is 455. The number of carbonyl (C=O) groups is 1. The number of hydrogen-bond acceptors (Lipinski definition) is 3. The topological polar surface area (TPSA) is 46.5 Å². The molecule has 1 unspecified atom stereocenters. The van der Waals surface area contributed by atoms with Crippen LogP contribution in [0.15, 0.2) is 11.6 Å². The lowest BCUT2D eigenvalue weighted by molar-refractivity contribution is -0.137. The summed E-state index contributed by atoms with van der Waals surface area (Å²) in [6, 6.07) is 0. The summed E-state index contributed by atoms with van der Waals surface area (Å²) < 4.78 is 4.93. The molecule has 0 heterocycles. The first-order valence-corrected chi connectivity index (χ1v) is 7.37. The van der Waals surface area contributed by atoms with Crippen LogP contribution in [0, 0.1) is 28.6 Å². The van der Waals surface area contributed by atoms with E-state index in [2.05, 4.69) is 26.8 Å². The third kappa shape index (κ3) is 1.30. The second kappa shape index (κ2) is 3.85. The largest absolute Gasteiger partial charge is 0.466 e. The highest BCUT2D eigenvalue weighted by atomic mass is 16.5. The van der Waals surface area contributed by atoms with Gasteiger partial charge in [0.25, 0.3) is 0 Å². The lowest BCUT2D eigenvalue weighted by Crippen LogP contribution is -2.46. The van der Waals surface area contributed by atoms with Gasteiger partial charge in [-0.2, -0.15) is 0 Å². The quantitative estimate of drug-likeness (QED) is 0.740. The van der Waals surface area contributed by atoms with Crippen LogP contribution < -0.4 is 0 Å². The minimum absolute atomic E-state index is 0.0508. The van der Waals surface area contributed by atoms with E-state index in [0.717, 1.165) is 18.4 Å². The number of esters is 1. The molecular weight excluding hydrogens is 240 g/mol. The fraction of sp³-hybridized carbons (Fsp3) is 0.812. The van der Waals surface area contributed by atoms with Crippen LogP contribution in [0.4, 0.5) is 0 Å². The van der Waals surface area contributed by atoms with E-state index in [1.165, 1.54) is 13.5 Å². The monoisotopic (exact) mass is 264 g/mol. The van der Waals surface area contributed by atoms with Crippen molar-refractivity contribution in [2.75, 3.05) is 7.11 Å². The van der Waals surface area contributed by atoms with Crippen LogP contribution in [0.25, 0.3) is 0 Å². The van der Waals surface area contributed by atoms with Gasteiger partial charge in [0.2, 0.25) is 0 Å². The molecule has 0 aromatic rings. The van der Waals surface area contributed by atoms with Crippen LogP contribution in [0.3, 0.4) is 0 Å². The first kappa shape index (κ1) is 13.2. The van der Waals surface area contributed by atoms with Crippen LogP contribution in [0.1, 0.15) is 40.0 Å². The summed E-state index contributed by atoms with van der Waals surface area (Å²) in [4.78, 5) is 12.0. The molecule has 0 aliphatic heterocycles. The maximum Gasteiger partial charge on any atom is 0.333 e. The van der Waals surface area contributed by atoms with Crippen molar-refractivity contribution in [2.24, 2.45) is 28.6 Å². The molecule has 2 saturated carbocycles. The summed E-state index contributed by atoms with van der Waals surface area (Å²) in [6.07, 6.45) is 4.93. The van der Waals surface area contributed by atoms with Gasteiger partial charge in [-0.25, -0.2) is 4.79 Å². The minimum atomic E-state index is -0.298. The van der Waals surface area contributed by atoms with Crippen LogP contribution in [0.2, 0.25) is 0 Å². The molecule has 106 valence electrons. The Kier molecular flexibility index (Phi) is 2.66. The average molecular weight is 264 g/mol. The number of aliphatic hydroxyl groups is 1. The number of ether oxygens (including phenoxy) is 1. The average Bonchev–Trinajstić information content (AvgIpc) is 2.89. The van der Waals surface area contributed by atoms with Gasteiger partial charge in [0, 0.05) is 11.0 Å². The fourth-order valence-electron chi connectivity index (χ4n) is 5.81. The number of methoxy groups -OCH3 is 1. The first-order valence-electron chi connectivity index (χ1n) is 7.37. The standard InChI is InChI=1S/C16H24O3/c1-9-7-13(17)16-10(2)11(14(18)19-4)8-15(16,3)6-5-12(9)16/h8-10,12-13,17H,5-7H2,1-4H3/t9-,10+,12+,13-,15+,16?/m0/s1. The first-order chi connectivity index (χ1) is 8.88. The van der Waals surface area contributed by atoms with Crippen molar-refractivity contribution in [2.45, 2.75) is 46.1 Å². The molecule has 3 aliphatic carbocycles. The molecule has 3 rings (SSSR count). The molecule has 1 N–H and O–H groups in total. The molecule has 6 atom stereocenters. The number of allylic oxidation sites excluding steroid dienone is 1. The molecule has 0 aromatic carbocycles. The van der Waals surface area contributed by atoms with Gasteiger partial charge in [-0.15, -0.1) is 0 Å². The van der Waals surface area contributed by atoms with Crippen LogP contribution in [-0.2, 0) is 9.53 Å². The molecule has 3 nitrogen and oxygen atoms in total. The predicted octanol–water partition coefficient (Wildman–Crippen LogP) is 2.54. The van der Waals surface area contributed by atoms with Crippen LogP contribution >= 0.6 is 0 Å². The third-order valence-corrected chi connectivity index (χ3v) is 6.49. The van der Waals surface area contributed by atoms with E-state index in [0.29, 0.717) is 11.8 Å². The molecule has 0 amide bonds. The smallest absolute Gasteiger partial charge is 0.333 e. The van der Waals surface area contributed by atoms with Gasteiger partial charge < -0.3 is 9.84 Å². The van der Waals surface area contributed by atoms with Crippen LogP contribution in [0.5, 0.6) is 0 Å². The molecule has 2 fully saturated rings. The fourth-order valence-corrected chi connectivity index (χ4v) is 5.81. The van der Waals surface area contributed by atoms with E-state index in [-0.39, 0.29) is 28.8 Å². The third-order valence-electron chi connectivity index (χ3n) is 6.49. The summed E-state index contributed by atoms with van der Waals surface area (Å²) in [6.45, 7) is 6.57. The zero-order valence-corrected chi connectivity index (χ0v) is 12.3. The minimum Gasteiger partial charge on any atom is -0.466 e. The Hall–Kier alpha value is -0.830. The van der Waals surface area contributed by atoms with Gasteiger partial charge in [-0.3, -0.25) is 0 Å². The Balaban J connectivity index is 2.11. The Morgan fingerprint density at radius 2 is 2.16 bits per heavy atom. The van der Waals surface area contributed by atoms with Gasteiger partial charge in [-0.1, -0.05) is 26.8 Å². The number of hydrogen-bond donors (Lipinski definition) is 1. The van der Waals surface area contributed by atoms with Crippen LogP contribution in [-0.4, -0.2) is 24.3 Å². The maximum atomic E-state index is 12.0. The molecule has 3 heteroatoms. The molecular formula is C16H24O3. The van der Waals surface area contributed by atoms with Gasteiger partial charge in [0.05, 0.1) is 13.2 Å². The van der Waals surface area contributed by atoms with E-state index in [4.69, 9.17) is 4.74 Å². The molecule has 0 aromatic heterocycles. The van der Waals surface area contributed by atoms with Crippen molar-refractivity contribution >= 4 is 5.97 Å². The van der Waals surface area contributed by atoms with Crippen molar-refractivity contribution in [3.05, 3.63) is 11.6 Å². The lowest BCUT2D eigenvalue weighted by atomic mass is 9.60. The van der Waals surface area contributed by atoms with Gasteiger partial charge >= 0.3 is 5.97 Å². The number of aliphatic hydroxyl groups excluding tert-OH is 1. The molecule has 1 spiro atoms. The summed E-state index contributed by atoms with van der Waals surface area (Å²) in [5.74, 6) is 0.950. The van der Waals surface area contributed by atoms with E-state index in [1.54, 1.807) is 0 Å². The summed E-state index contributed by atoms with van der Waals surface area (Å²) in [7, 11) is 1.44. The van der Waals surface area contributed by atoms with Crippen molar-refractivity contribution in [1.29, 1.82) is 0 Å². The van der Waals surface area contributed by atoms with Gasteiger partial charge in [-0.05, 0) is 42.4 Å². The van der Waals surface area contributed by atoms with Crippen molar-refractivity contribution in [3.63, 3.8) is 0 Å². The molecule has 0 saturated heterocycles. The summed E-state index contributed by atoms with van der Waals surface area (Å²) in [5, 5.41) is 10.8. The second-order valence-electron chi connectivity index (χ2n) is 7.04. The van der Waals surface area contributed by atoms with Gasteiger partial charge in [0.15, 0.2) is 0 Å². The van der Waals surface area contributed by atoms with Crippen molar-refractivity contribution in [1.82, 2.24) is 0 Å².